The topological polar surface area (TPSA) is 64.3 Å². The number of nitrogens with two attached hydrogens (primary N) is 1. The Morgan fingerprint density at radius 1 is 1.78 bits per heavy atom. The molecule has 1 fully saturated rings. The molecule has 0 amide bonds. The lowest BCUT2D eigenvalue weighted by Gasteiger charge is -2.03. The van der Waals surface area contributed by atoms with Crippen molar-refractivity contribution in [3.8, 4) is 0 Å². The van der Waals surface area contributed by atoms with Crippen LogP contribution in [0.4, 0.5) is 0 Å². The minimum atomic E-state index is -0.354. The Hall–Kier alpha value is -0.610. The van der Waals surface area contributed by atoms with Gasteiger partial charge in [0.05, 0.1) is 0 Å². The van der Waals surface area contributed by atoms with Crippen LogP contribution in [0.1, 0.15) is 12.8 Å². The molecule has 1 atom stereocenters. The molecule has 0 aromatic heterocycles. The Balaban J connectivity index is 2.32. The molecule has 4 nitrogen and oxygen atoms in total. The maximum absolute atomic E-state index is 10.6. The van der Waals surface area contributed by atoms with Crippen molar-refractivity contribution in [2.75, 3.05) is 6.54 Å². The van der Waals surface area contributed by atoms with Crippen LogP contribution in [0.5, 0.6) is 0 Å². The van der Waals surface area contributed by atoms with E-state index in [-0.39, 0.29) is 12.0 Å². The molecule has 4 heteroatoms. The Kier molecular flexibility index (Phi) is 2.02. The van der Waals surface area contributed by atoms with Gasteiger partial charge >= 0.3 is 5.97 Å². The summed E-state index contributed by atoms with van der Waals surface area (Å²) >= 11 is 0. The molecular formula is C5H10N2O2. The second kappa shape index (κ2) is 2.80. The number of hydrogen-bond donors (Lipinski definition) is 2. The average Bonchev–Trinajstić information content (AvgIpc) is 2.37. The normalized spacial score (nSPS) is 26.1. The largest absolute Gasteiger partial charge is 0.372 e. The smallest absolute Gasteiger partial charge is 0.341 e. The molecule has 0 unspecified atom stereocenters. The number of nitrogens with one attached hydrogen (secondary N) is 1. The van der Waals surface area contributed by atoms with E-state index in [1.165, 1.54) is 0 Å². The summed E-state index contributed by atoms with van der Waals surface area (Å²) in [6.45, 7) is 0.889. The molecule has 1 saturated heterocycles. The van der Waals surface area contributed by atoms with E-state index in [0.29, 0.717) is 0 Å². The predicted octanol–water partition coefficient (Wildman–Crippen LogP) is -0.845. The van der Waals surface area contributed by atoms with Crippen molar-refractivity contribution in [1.29, 1.82) is 0 Å². The first-order valence-corrected chi connectivity index (χ1v) is 2.98. The highest BCUT2D eigenvalue weighted by atomic mass is 16.7. The summed E-state index contributed by atoms with van der Waals surface area (Å²) in [5.41, 5.74) is 0. The zero-order chi connectivity index (χ0) is 6.69. The second-order valence-electron chi connectivity index (χ2n) is 2.09. The molecule has 3 N–H and O–H groups in total. The van der Waals surface area contributed by atoms with Gasteiger partial charge in [-0.15, -0.1) is 0 Å². The lowest BCUT2D eigenvalue weighted by atomic mass is 10.2. The van der Waals surface area contributed by atoms with Crippen LogP contribution in [-0.4, -0.2) is 18.6 Å². The third-order valence-corrected chi connectivity index (χ3v) is 1.46. The Bertz CT molecular complexity index is 110. The zero-order valence-corrected chi connectivity index (χ0v) is 5.09. The highest BCUT2D eigenvalue weighted by Gasteiger charge is 2.22. The highest BCUT2D eigenvalue weighted by molar-refractivity contribution is 5.75. The standard InChI is InChI=1S/C5H10N2O2/c6-9-5(8)4-2-1-3-7-4/h4,7H,1-3,6H2/t4-/m1/s1. The van der Waals surface area contributed by atoms with E-state index in [9.17, 15) is 4.79 Å². The van der Waals surface area contributed by atoms with Gasteiger partial charge in [-0.3, -0.25) is 0 Å². The summed E-state index contributed by atoms with van der Waals surface area (Å²) in [5.74, 6) is 4.31. The minimum Gasteiger partial charge on any atom is -0.372 e. The van der Waals surface area contributed by atoms with Crippen LogP contribution < -0.4 is 11.2 Å². The molecule has 9 heavy (non-hydrogen) atoms. The van der Waals surface area contributed by atoms with Gasteiger partial charge in [-0.2, -0.15) is 5.90 Å². The van der Waals surface area contributed by atoms with Crippen LogP contribution >= 0.6 is 0 Å². The molecule has 0 spiro atoms. The van der Waals surface area contributed by atoms with Gasteiger partial charge in [0.25, 0.3) is 0 Å². The van der Waals surface area contributed by atoms with Gasteiger partial charge in [0.15, 0.2) is 0 Å². The van der Waals surface area contributed by atoms with Crippen LogP contribution in [0.3, 0.4) is 0 Å². The van der Waals surface area contributed by atoms with Crippen LogP contribution in [0.25, 0.3) is 0 Å². The lowest BCUT2D eigenvalue weighted by molar-refractivity contribution is -0.146. The van der Waals surface area contributed by atoms with Crippen molar-refractivity contribution in [2.45, 2.75) is 18.9 Å². The summed E-state index contributed by atoms with van der Waals surface area (Å²) in [5, 5.41) is 2.95. The molecule has 1 rings (SSSR count). The van der Waals surface area contributed by atoms with Crippen LogP contribution in [0, 0.1) is 0 Å². The van der Waals surface area contributed by atoms with Crippen molar-refractivity contribution in [1.82, 2.24) is 5.32 Å². The first-order chi connectivity index (χ1) is 4.34. The molecule has 0 bridgehead atoms. The predicted molar refractivity (Wildman–Crippen MR) is 31.3 cm³/mol. The third kappa shape index (κ3) is 1.40. The molecule has 0 saturated carbocycles. The second-order valence-corrected chi connectivity index (χ2v) is 2.09. The van der Waals surface area contributed by atoms with Crippen LogP contribution in [-0.2, 0) is 9.63 Å². The molecule has 0 aromatic rings. The fraction of sp³-hybridized carbons (Fsp3) is 0.800. The van der Waals surface area contributed by atoms with Gasteiger partial charge in [0.2, 0.25) is 0 Å². The van der Waals surface area contributed by atoms with Crippen molar-refractivity contribution in [3.63, 3.8) is 0 Å². The Labute approximate surface area is 53.3 Å². The molecule has 1 aliphatic rings. The van der Waals surface area contributed by atoms with Crippen molar-refractivity contribution >= 4 is 5.97 Å². The average molecular weight is 130 g/mol. The molecule has 0 aromatic carbocycles. The van der Waals surface area contributed by atoms with E-state index in [1.54, 1.807) is 0 Å². The quantitative estimate of drug-likeness (QED) is 0.454. The molecule has 1 aliphatic heterocycles. The fourth-order valence-electron chi connectivity index (χ4n) is 0.968. The maximum Gasteiger partial charge on any atom is 0.341 e. The van der Waals surface area contributed by atoms with E-state index in [1.807, 2.05) is 0 Å². The van der Waals surface area contributed by atoms with E-state index >= 15 is 0 Å². The van der Waals surface area contributed by atoms with Gasteiger partial charge in [-0.05, 0) is 19.4 Å². The van der Waals surface area contributed by atoms with Gasteiger partial charge in [0.1, 0.15) is 6.04 Å². The molecule has 0 radical (unpaired) electrons. The number of rotatable bonds is 1. The number of carbonyl (C=O) groups is 1. The molecule has 52 valence electrons. The first kappa shape index (κ1) is 6.51. The fourth-order valence-corrected chi connectivity index (χ4v) is 0.968. The third-order valence-electron chi connectivity index (χ3n) is 1.46. The number of carbonyl (C=O) groups excluding carboxylic acids is 1. The monoisotopic (exact) mass is 130 g/mol. The Morgan fingerprint density at radius 3 is 3.00 bits per heavy atom. The summed E-state index contributed by atoms with van der Waals surface area (Å²) in [4.78, 5) is 14.6. The molecule has 0 aliphatic carbocycles. The summed E-state index contributed by atoms with van der Waals surface area (Å²) in [6, 6.07) is -0.157. The summed E-state index contributed by atoms with van der Waals surface area (Å²) < 4.78 is 0. The maximum atomic E-state index is 10.6. The lowest BCUT2D eigenvalue weighted by Crippen LogP contribution is -2.33. The summed E-state index contributed by atoms with van der Waals surface area (Å²) in [7, 11) is 0. The zero-order valence-electron chi connectivity index (χ0n) is 5.09. The van der Waals surface area contributed by atoms with Crippen LogP contribution in [0.2, 0.25) is 0 Å². The van der Waals surface area contributed by atoms with Gasteiger partial charge < -0.3 is 10.2 Å². The van der Waals surface area contributed by atoms with E-state index in [2.05, 4.69) is 16.1 Å². The van der Waals surface area contributed by atoms with E-state index in [0.717, 1.165) is 19.4 Å². The SMILES string of the molecule is NOC(=O)[C@H]1CCCN1. The van der Waals surface area contributed by atoms with E-state index in [4.69, 9.17) is 0 Å². The molecule has 1 heterocycles. The van der Waals surface area contributed by atoms with Crippen LogP contribution in [0.15, 0.2) is 0 Å². The van der Waals surface area contributed by atoms with Gasteiger partial charge in [-0.25, -0.2) is 4.79 Å². The first-order valence-electron chi connectivity index (χ1n) is 2.98. The Morgan fingerprint density at radius 2 is 2.56 bits per heavy atom. The van der Waals surface area contributed by atoms with Crippen molar-refractivity contribution in [2.24, 2.45) is 5.90 Å². The molecular weight excluding hydrogens is 120 g/mol. The van der Waals surface area contributed by atoms with E-state index < -0.39 is 0 Å². The van der Waals surface area contributed by atoms with Crippen molar-refractivity contribution in [3.05, 3.63) is 0 Å². The van der Waals surface area contributed by atoms with Gasteiger partial charge in [-0.1, -0.05) is 0 Å². The van der Waals surface area contributed by atoms with Gasteiger partial charge in [0, 0.05) is 0 Å². The number of hydrogen-bond acceptors (Lipinski definition) is 4. The summed E-state index contributed by atoms with van der Waals surface area (Å²) in [6.07, 6.45) is 1.87. The minimum absolute atomic E-state index is 0.157. The highest BCUT2D eigenvalue weighted by Crippen LogP contribution is 2.04. The van der Waals surface area contributed by atoms with Crippen molar-refractivity contribution < 1.29 is 9.63 Å².